The van der Waals surface area contributed by atoms with Crippen molar-refractivity contribution in [2.75, 3.05) is 33.0 Å². The molecule has 2 heterocycles. The molecule has 64 heavy (non-hydrogen) atoms. The number of ether oxygens (including phenoxy) is 6. The van der Waals surface area contributed by atoms with Gasteiger partial charge in [0.25, 0.3) is 0 Å². The van der Waals surface area contributed by atoms with Crippen LogP contribution < -0.4 is 67.5 Å². The quantitative estimate of drug-likeness (QED) is 0.0286. The van der Waals surface area contributed by atoms with Gasteiger partial charge in [-0.2, -0.15) is 13.2 Å². The molecule has 2 aliphatic rings. The van der Waals surface area contributed by atoms with Gasteiger partial charge in [0.2, 0.25) is 6.29 Å². The molecule has 2 aliphatic heterocycles. The van der Waals surface area contributed by atoms with Crippen molar-refractivity contribution < 1.29 is 123 Å². The predicted octanol–water partition coefficient (Wildman–Crippen LogP) is 3.73. The predicted molar refractivity (Wildman–Crippen MR) is 239 cm³/mol. The summed E-state index contributed by atoms with van der Waals surface area (Å²) in [7, 11) is 0. The van der Waals surface area contributed by atoms with Gasteiger partial charge in [0.05, 0.1) is 32.1 Å². The molecular formula is C46H90F3KN2O12. The van der Waals surface area contributed by atoms with Crippen LogP contribution >= 0.6 is 0 Å². The minimum atomic E-state index is -5.12. The number of allylic oxidation sites excluding steroid dienone is 1. The van der Waals surface area contributed by atoms with Gasteiger partial charge >= 0.3 is 63.5 Å². The largest absolute Gasteiger partial charge is 1.00 e. The third-order valence-corrected chi connectivity index (χ3v) is 9.65. The normalized spacial score (nSPS) is 25.5. The second kappa shape index (κ2) is 41.7. The maximum Gasteiger partial charge on any atom is 1.00 e. The Kier molecular flexibility index (Phi) is 45.8. The van der Waals surface area contributed by atoms with Crippen LogP contribution in [0, 0.1) is 0 Å². The average molecular weight is 959 g/mol. The van der Waals surface area contributed by atoms with Crippen molar-refractivity contribution in [2.45, 2.75) is 232 Å². The van der Waals surface area contributed by atoms with Gasteiger partial charge in [0, 0.05) is 13.2 Å². The van der Waals surface area contributed by atoms with Gasteiger partial charge in [0.1, 0.15) is 42.7 Å². The van der Waals surface area contributed by atoms with Crippen LogP contribution in [0.5, 0.6) is 0 Å². The summed E-state index contributed by atoms with van der Waals surface area (Å²) in [6.45, 7) is 14.3. The molecule has 2 fully saturated rings. The monoisotopic (exact) mass is 959 g/mol. The molecule has 0 bridgehead atoms. The molecule has 0 aliphatic carbocycles. The van der Waals surface area contributed by atoms with E-state index in [1.165, 1.54) is 76.5 Å². The number of unbranched alkanes of at least 4 members (excludes halogenated alkanes) is 14. The second-order valence-corrected chi connectivity index (χ2v) is 16.5. The number of carbonyl (C=O) groups is 1. The number of rotatable bonds is 28. The van der Waals surface area contributed by atoms with E-state index in [4.69, 9.17) is 34.2 Å². The number of nitrogens with one attached hydrogen (secondary N) is 1. The first-order chi connectivity index (χ1) is 28.9. The van der Waals surface area contributed by atoms with Crippen molar-refractivity contribution in [3.05, 3.63) is 25.0 Å². The molecule has 14 nitrogen and oxygen atoms in total. The van der Waals surface area contributed by atoms with Crippen molar-refractivity contribution in [1.82, 2.24) is 5.32 Å². The standard InChI is InChI=1S/C21H36F3NO6.C19H37NO5.C4H9O.2CH4.K/c1-3-5-6-7-8-9-10-11-13-29-18-16(25-20(28)21(22,23)24)19(30-12-4-2)31-15(14-26)17(18)27;1-3-5-6-7-8-9-10-11-13-23-18-16(20)19(24-12-4-2)25-15(14-21)17(18)22;1-4(2,3)5;;;/h4,15-19,26-27H,2-3,5-14H2,1H3,(H,25,28);4,12,15-19,21-22H,3,5-11,13-14,20H2,1-2H3;1-3H3;2*1H4;/q;;-1;;;+1/b;12-4-;;;;/t2*15-,16?,17-,18-,19+;;;;/m11..../s1. The third-order valence-electron chi connectivity index (χ3n) is 9.65. The second-order valence-electron chi connectivity index (χ2n) is 16.5. The summed E-state index contributed by atoms with van der Waals surface area (Å²) >= 11 is 0. The number of carbonyl (C=O) groups excluding carboxylic acids is 1. The van der Waals surface area contributed by atoms with Gasteiger partial charge in [0.15, 0.2) is 6.29 Å². The molecule has 18 heteroatoms. The molecule has 0 radical (unpaired) electrons. The van der Waals surface area contributed by atoms with E-state index in [0.717, 1.165) is 32.1 Å². The molecule has 2 saturated heterocycles. The molecular weight excluding hydrogens is 869 g/mol. The molecule has 378 valence electrons. The minimum Gasteiger partial charge on any atom is -0.850 e. The molecule has 2 rings (SSSR count). The van der Waals surface area contributed by atoms with Crippen LogP contribution in [0.3, 0.4) is 0 Å². The first-order valence-electron chi connectivity index (χ1n) is 22.4. The third kappa shape index (κ3) is 32.5. The molecule has 0 aromatic carbocycles. The number of hydrogen-bond acceptors (Lipinski definition) is 13. The van der Waals surface area contributed by atoms with Gasteiger partial charge in [-0.05, 0) is 19.8 Å². The Morgan fingerprint density at radius 1 is 0.750 bits per heavy atom. The Hall–Kier alpha value is -0.264. The number of aliphatic hydroxyl groups excluding tert-OH is 4. The topological polar surface area (TPSA) is 214 Å². The molecule has 10 atom stereocenters. The number of nitrogens with two attached hydrogens (primary N) is 1. The molecule has 0 aromatic rings. The Morgan fingerprint density at radius 2 is 1.14 bits per heavy atom. The van der Waals surface area contributed by atoms with Gasteiger partial charge < -0.3 is 65.0 Å². The van der Waals surface area contributed by atoms with Crippen LogP contribution in [0.15, 0.2) is 25.0 Å². The first-order valence-corrected chi connectivity index (χ1v) is 22.4. The average Bonchev–Trinajstić information content (AvgIpc) is 3.20. The molecule has 7 N–H and O–H groups in total. The zero-order chi connectivity index (χ0) is 46.3. The maximum atomic E-state index is 12.8. The zero-order valence-electron chi connectivity index (χ0n) is 38.8. The first kappa shape index (κ1) is 70.3. The number of amides is 1. The number of alkyl halides is 3. The number of halogens is 3. The van der Waals surface area contributed by atoms with Gasteiger partial charge in [-0.3, -0.25) is 4.79 Å². The van der Waals surface area contributed by atoms with Gasteiger partial charge in [-0.1, -0.05) is 152 Å². The summed E-state index contributed by atoms with van der Waals surface area (Å²) in [5, 5.41) is 51.5. The Morgan fingerprint density at radius 3 is 1.53 bits per heavy atom. The van der Waals surface area contributed by atoms with Crippen LogP contribution in [-0.4, -0.2) is 132 Å². The summed E-state index contributed by atoms with van der Waals surface area (Å²) in [4.78, 5) is 11.5. The summed E-state index contributed by atoms with van der Waals surface area (Å²) in [6, 6.07) is -2.02. The molecule has 0 spiro atoms. The Balaban J connectivity index is -0.000000494. The SMILES string of the molecule is C.C.C/C=C\O[C@H]1O[C@H](CO)[C@@H](O)[C@H](OCCCCCCCCCC)C1N.C=CCO[C@H]1O[C@H](CO)[C@@H](O)[C@H](OCCCCCCCCCC)C1NC(=O)C(F)(F)F.CC(C)(C)[O-].[K+]. The van der Waals surface area contributed by atoms with Crippen LogP contribution in [0.1, 0.15) is 159 Å². The van der Waals surface area contributed by atoms with Gasteiger partial charge in [-0.25, -0.2) is 0 Å². The summed E-state index contributed by atoms with van der Waals surface area (Å²) < 4.78 is 71.5. The van der Waals surface area contributed by atoms with Crippen molar-refractivity contribution in [3.8, 4) is 0 Å². The Labute approximate surface area is 427 Å². The van der Waals surface area contributed by atoms with E-state index in [9.17, 15) is 43.5 Å². The number of hydrogen-bond donors (Lipinski definition) is 6. The minimum absolute atomic E-state index is 0. The van der Waals surface area contributed by atoms with Gasteiger partial charge in [-0.15, -0.1) is 12.2 Å². The van der Waals surface area contributed by atoms with Crippen molar-refractivity contribution in [2.24, 2.45) is 5.73 Å². The fraction of sp³-hybridized carbons (Fsp3) is 0.891. The molecule has 2 unspecified atom stereocenters. The summed E-state index contributed by atoms with van der Waals surface area (Å²) in [5.41, 5.74) is 5.38. The van der Waals surface area contributed by atoms with Crippen LogP contribution in [-0.2, 0) is 33.2 Å². The molecule has 0 aromatic heterocycles. The zero-order valence-corrected chi connectivity index (χ0v) is 42.0. The smallest absolute Gasteiger partial charge is 0.850 e. The van der Waals surface area contributed by atoms with Crippen molar-refractivity contribution >= 4 is 5.91 Å². The van der Waals surface area contributed by atoms with Crippen LogP contribution in [0.25, 0.3) is 0 Å². The summed E-state index contributed by atoms with van der Waals surface area (Å²) in [6.07, 6.45) is 9.43. The van der Waals surface area contributed by atoms with Crippen molar-refractivity contribution in [1.29, 1.82) is 0 Å². The molecule has 0 saturated carbocycles. The number of aliphatic hydroxyl groups is 4. The van der Waals surface area contributed by atoms with Crippen molar-refractivity contribution in [3.63, 3.8) is 0 Å². The molecule has 1 amide bonds. The van der Waals surface area contributed by atoms with Crippen LogP contribution in [0.2, 0.25) is 0 Å². The van der Waals surface area contributed by atoms with E-state index in [2.05, 4.69) is 20.4 Å². The van der Waals surface area contributed by atoms with E-state index in [1.807, 2.05) is 12.2 Å². The maximum absolute atomic E-state index is 12.8. The van der Waals surface area contributed by atoms with E-state index < -0.39 is 85.6 Å². The van der Waals surface area contributed by atoms with E-state index >= 15 is 0 Å². The Bertz CT molecular complexity index is 1120. The van der Waals surface area contributed by atoms with Crippen LogP contribution in [0.4, 0.5) is 13.2 Å². The summed E-state index contributed by atoms with van der Waals surface area (Å²) in [5.74, 6) is -2.19. The fourth-order valence-corrected chi connectivity index (χ4v) is 6.45. The van der Waals surface area contributed by atoms with E-state index in [1.54, 1.807) is 26.8 Å². The fourth-order valence-electron chi connectivity index (χ4n) is 6.45. The van der Waals surface area contributed by atoms with E-state index in [0.29, 0.717) is 13.0 Å². The van der Waals surface area contributed by atoms with E-state index in [-0.39, 0.29) is 86.1 Å².